The molecule has 1 aromatic carbocycles. The van der Waals surface area contributed by atoms with Gasteiger partial charge < -0.3 is 19.9 Å². The van der Waals surface area contributed by atoms with Crippen LogP contribution in [0.25, 0.3) is 0 Å². The smallest absolute Gasteiger partial charge is 0.407 e. The molecule has 0 saturated heterocycles. The largest absolute Gasteiger partial charge is 0.494 e. The van der Waals surface area contributed by atoms with E-state index in [4.69, 9.17) is 9.47 Å². The van der Waals surface area contributed by atoms with Crippen molar-refractivity contribution in [2.45, 2.75) is 65.1 Å². The van der Waals surface area contributed by atoms with E-state index in [-0.39, 0.29) is 12.2 Å². The summed E-state index contributed by atoms with van der Waals surface area (Å²) >= 11 is 0. The molecule has 0 aliphatic rings. The number of carbonyl (C=O) groups is 1. The van der Waals surface area contributed by atoms with Gasteiger partial charge in [0.1, 0.15) is 11.4 Å². The normalized spacial score (nSPS) is 12.5. The summed E-state index contributed by atoms with van der Waals surface area (Å²) in [5, 5.41) is 11.9. The summed E-state index contributed by atoms with van der Waals surface area (Å²) in [6.07, 6.45) is 2.83. The maximum absolute atomic E-state index is 11.5. The van der Waals surface area contributed by atoms with E-state index in [0.717, 1.165) is 37.0 Å². The first-order valence-corrected chi connectivity index (χ1v) is 8.63. The van der Waals surface area contributed by atoms with Crippen molar-refractivity contribution in [3.05, 3.63) is 29.8 Å². The second-order valence-electron chi connectivity index (χ2n) is 7.02. The van der Waals surface area contributed by atoms with E-state index in [1.54, 1.807) is 6.92 Å². The van der Waals surface area contributed by atoms with Gasteiger partial charge >= 0.3 is 6.09 Å². The van der Waals surface area contributed by atoms with Crippen molar-refractivity contribution in [2.24, 2.45) is 0 Å². The third-order valence-corrected chi connectivity index (χ3v) is 3.29. The maximum Gasteiger partial charge on any atom is 0.407 e. The molecule has 0 aromatic heterocycles. The second-order valence-corrected chi connectivity index (χ2v) is 7.02. The highest BCUT2D eigenvalue weighted by Gasteiger charge is 2.15. The Balaban J connectivity index is 2.21. The Morgan fingerprint density at radius 2 is 1.88 bits per heavy atom. The van der Waals surface area contributed by atoms with Crippen molar-refractivity contribution in [1.82, 2.24) is 5.32 Å². The highest BCUT2D eigenvalue weighted by molar-refractivity contribution is 5.67. The third-order valence-electron chi connectivity index (χ3n) is 3.29. The monoisotopic (exact) mass is 337 g/mol. The number of aliphatic hydroxyl groups is 1. The van der Waals surface area contributed by atoms with Crippen molar-refractivity contribution in [3.63, 3.8) is 0 Å². The van der Waals surface area contributed by atoms with Crippen LogP contribution in [0.1, 0.15) is 52.5 Å². The fourth-order valence-electron chi connectivity index (χ4n) is 2.11. The molecule has 0 bridgehead atoms. The number of ether oxygens (including phenoxy) is 2. The van der Waals surface area contributed by atoms with E-state index in [1.165, 1.54) is 0 Å². The van der Waals surface area contributed by atoms with Crippen LogP contribution in [0.2, 0.25) is 0 Å². The molecule has 5 heteroatoms. The zero-order valence-electron chi connectivity index (χ0n) is 15.3. The van der Waals surface area contributed by atoms with Gasteiger partial charge in [-0.2, -0.15) is 0 Å². The molecule has 5 nitrogen and oxygen atoms in total. The van der Waals surface area contributed by atoms with Gasteiger partial charge in [-0.1, -0.05) is 12.1 Å². The lowest BCUT2D eigenvalue weighted by molar-refractivity contribution is 0.0528. The zero-order valence-corrected chi connectivity index (χ0v) is 15.3. The summed E-state index contributed by atoms with van der Waals surface area (Å²) in [5.74, 6) is 0.843. The number of unbranched alkanes of at least 4 members (excludes halogenated alkanes) is 1. The molecule has 0 radical (unpaired) electrons. The fourth-order valence-corrected chi connectivity index (χ4v) is 2.11. The van der Waals surface area contributed by atoms with Gasteiger partial charge in [0.25, 0.3) is 0 Å². The average Bonchev–Trinajstić information content (AvgIpc) is 2.46. The predicted octanol–water partition coefficient (Wildman–Crippen LogP) is 3.68. The Morgan fingerprint density at radius 1 is 1.21 bits per heavy atom. The summed E-state index contributed by atoms with van der Waals surface area (Å²) in [5.41, 5.74) is 0.658. The predicted molar refractivity (Wildman–Crippen MR) is 95.4 cm³/mol. The van der Waals surface area contributed by atoms with E-state index in [9.17, 15) is 9.90 Å². The number of aliphatic hydroxyl groups excluding tert-OH is 1. The molecule has 1 aromatic rings. The number of hydrogen-bond donors (Lipinski definition) is 2. The van der Waals surface area contributed by atoms with Crippen LogP contribution in [0.4, 0.5) is 4.79 Å². The van der Waals surface area contributed by atoms with Gasteiger partial charge in [0, 0.05) is 6.54 Å². The highest BCUT2D eigenvalue weighted by atomic mass is 16.6. The van der Waals surface area contributed by atoms with Gasteiger partial charge in [0.05, 0.1) is 12.7 Å². The van der Waals surface area contributed by atoms with Crippen LogP contribution < -0.4 is 10.1 Å². The Morgan fingerprint density at radius 3 is 2.46 bits per heavy atom. The van der Waals surface area contributed by atoms with Crippen LogP contribution in [0.3, 0.4) is 0 Å². The molecule has 0 heterocycles. The van der Waals surface area contributed by atoms with Crippen molar-refractivity contribution < 1.29 is 19.4 Å². The molecule has 24 heavy (non-hydrogen) atoms. The number of benzene rings is 1. The van der Waals surface area contributed by atoms with Gasteiger partial charge in [0.2, 0.25) is 0 Å². The van der Waals surface area contributed by atoms with E-state index in [1.807, 2.05) is 45.0 Å². The summed E-state index contributed by atoms with van der Waals surface area (Å²) in [6, 6.07) is 7.89. The zero-order chi connectivity index (χ0) is 18.0. The molecule has 0 spiro atoms. The van der Waals surface area contributed by atoms with Gasteiger partial charge in [-0.25, -0.2) is 4.79 Å². The Hall–Kier alpha value is -1.75. The van der Waals surface area contributed by atoms with Gasteiger partial charge in [-0.05, 0) is 71.1 Å². The molecule has 1 amide bonds. The first-order chi connectivity index (χ1) is 11.3. The summed E-state index contributed by atoms with van der Waals surface area (Å²) in [4.78, 5) is 11.5. The number of alkyl carbamates (subject to hydrolysis) is 1. The molecule has 1 atom stereocenters. The molecule has 0 unspecified atom stereocenters. The number of hydrogen-bond acceptors (Lipinski definition) is 4. The Kier molecular flexibility index (Phi) is 8.61. The molecule has 1 rings (SSSR count). The third kappa shape index (κ3) is 10.1. The number of rotatable bonds is 9. The molecular weight excluding hydrogens is 306 g/mol. The minimum atomic E-state index is -0.474. The SMILES string of the molecule is C[C@H](O)CCCCOc1ccc(CCNC(=O)OC(C)(C)C)cc1. The van der Waals surface area contributed by atoms with Crippen LogP contribution in [0.5, 0.6) is 5.75 Å². The summed E-state index contributed by atoms with van der Waals surface area (Å²) < 4.78 is 10.9. The van der Waals surface area contributed by atoms with Crippen LogP contribution in [0.15, 0.2) is 24.3 Å². The van der Waals surface area contributed by atoms with E-state index in [0.29, 0.717) is 13.2 Å². The maximum atomic E-state index is 11.5. The first-order valence-electron chi connectivity index (χ1n) is 8.63. The lowest BCUT2D eigenvalue weighted by Crippen LogP contribution is -2.33. The molecule has 0 aliphatic carbocycles. The van der Waals surface area contributed by atoms with Crippen LogP contribution >= 0.6 is 0 Å². The lowest BCUT2D eigenvalue weighted by atomic mass is 10.1. The molecule has 0 saturated carbocycles. The lowest BCUT2D eigenvalue weighted by Gasteiger charge is -2.19. The number of nitrogens with one attached hydrogen (secondary N) is 1. The minimum Gasteiger partial charge on any atom is -0.494 e. The number of carbonyl (C=O) groups excluding carboxylic acids is 1. The second kappa shape index (κ2) is 10.2. The van der Waals surface area contributed by atoms with E-state index >= 15 is 0 Å². The molecule has 0 fully saturated rings. The Bertz CT molecular complexity index is 477. The van der Waals surface area contributed by atoms with Crippen LogP contribution in [0, 0.1) is 0 Å². The van der Waals surface area contributed by atoms with E-state index in [2.05, 4.69) is 5.32 Å². The molecule has 0 aliphatic heterocycles. The number of amides is 1. The molecule has 136 valence electrons. The van der Waals surface area contributed by atoms with Crippen molar-refractivity contribution in [1.29, 1.82) is 0 Å². The van der Waals surface area contributed by atoms with Gasteiger partial charge in [0.15, 0.2) is 0 Å². The highest BCUT2D eigenvalue weighted by Crippen LogP contribution is 2.13. The van der Waals surface area contributed by atoms with Gasteiger partial charge in [-0.15, -0.1) is 0 Å². The standard InChI is InChI=1S/C19H31NO4/c1-15(21)7-5-6-14-23-17-10-8-16(9-11-17)12-13-20-18(22)24-19(2,3)4/h8-11,15,21H,5-7,12-14H2,1-4H3,(H,20,22)/t15-/m0/s1. The molecule has 2 N–H and O–H groups in total. The van der Waals surface area contributed by atoms with Gasteiger partial charge in [-0.3, -0.25) is 0 Å². The summed E-state index contributed by atoms with van der Waals surface area (Å²) in [7, 11) is 0. The summed E-state index contributed by atoms with van der Waals surface area (Å²) in [6.45, 7) is 8.53. The quantitative estimate of drug-likeness (QED) is 0.675. The van der Waals surface area contributed by atoms with Crippen molar-refractivity contribution in [3.8, 4) is 5.75 Å². The topological polar surface area (TPSA) is 67.8 Å². The van der Waals surface area contributed by atoms with Crippen LogP contribution in [-0.2, 0) is 11.2 Å². The van der Waals surface area contributed by atoms with E-state index < -0.39 is 5.60 Å². The average molecular weight is 337 g/mol. The molecular formula is C19H31NO4. The minimum absolute atomic E-state index is 0.237. The van der Waals surface area contributed by atoms with Crippen LogP contribution in [-0.4, -0.2) is 36.1 Å². The van der Waals surface area contributed by atoms with Crippen molar-refractivity contribution in [2.75, 3.05) is 13.2 Å². The first kappa shape index (κ1) is 20.3. The fraction of sp³-hybridized carbons (Fsp3) is 0.632. The Labute approximate surface area is 145 Å². The van der Waals surface area contributed by atoms with Crippen molar-refractivity contribution >= 4 is 6.09 Å².